The molecule has 1 aromatic heterocycles. The van der Waals surface area contributed by atoms with E-state index in [-0.39, 0.29) is 4.90 Å². The molecule has 0 bridgehead atoms. The van der Waals surface area contributed by atoms with Crippen molar-refractivity contribution in [1.29, 1.82) is 0 Å². The number of benzene rings is 1. The molecule has 6 heteroatoms. The van der Waals surface area contributed by atoms with Gasteiger partial charge in [0.05, 0.1) is 27.3 Å². The van der Waals surface area contributed by atoms with Gasteiger partial charge in [-0.25, -0.2) is 9.97 Å². The predicted octanol–water partition coefficient (Wildman–Crippen LogP) is 1.49. The maximum Gasteiger partial charge on any atom is 0.294 e. The molecule has 84 valence electrons. The monoisotopic (exact) mass is 238 g/mol. The summed E-state index contributed by atoms with van der Waals surface area (Å²) in [6.45, 7) is 3.63. The Balaban J connectivity index is 2.77. The van der Waals surface area contributed by atoms with E-state index in [0.29, 0.717) is 11.0 Å². The maximum absolute atomic E-state index is 10.9. The molecule has 5 nitrogen and oxygen atoms in total. The minimum Gasteiger partial charge on any atom is -0.282 e. The number of fused-ring (bicyclic) bond motifs is 1. The molecule has 0 aliphatic heterocycles. The highest BCUT2D eigenvalue weighted by Crippen LogP contribution is 2.17. The van der Waals surface area contributed by atoms with E-state index in [9.17, 15) is 8.42 Å². The molecule has 1 heterocycles. The van der Waals surface area contributed by atoms with Crippen molar-refractivity contribution in [2.75, 3.05) is 0 Å². The number of rotatable bonds is 1. The van der Waals surface area contributed by atoms with Gasteiger partial charge in [-0.05, 0) is 32.0 Å². The zero-order valence-electron chi connectivity index (χ0n) is 8.80. The zero-order valence-corrected chi connectivity index (χ0v) is 9.61. The molecule has 0 saturated carbocycles. The fraction of sp³-hybridized carbons (Fsp3) is 0.200. The molecular formula is C10H10N2O3S. The number of hydrogen-bond acceptors (Lipinski definition) is 4. The van der Waals surface area contributed by atoms with Crippen molar-refractivity contribution in [3.05, 3.63) is 29.6 Å². The van der Waals surface area contributed by atoms with E-state index in [1.54, 1.807) is 6.92 Å². The van der Waals surface area contributed by atoms with E-state index in [2.05, 4.69) is 9.97 Å². The van der Waals surface area contributed by atoms with Crippen molar-refractivity contribution >= 4 is 21.2 Å². The van der Waals surface area contributed by atoms with E-state index in [4.69, 9.17) is 4.55 Å². The first-order valence-electron chi connectivity index (χ1n) is 4.60. The van der Waals surface area contributed by atoms with Crippen LogP contribution in [0.4, 0.5) is 0 Å². The average Bonchev–Trinajstić information content (AvgIpc) is 2.17. The summed E-state index contributed by atoms with van der Waals surface area (Å²) < 4.78 is 30.8. The van der Waals surface area contributed by atoms with Crippen molar-refractivity contribution < 1.29 is 13.0 Å². The second-order valence-corrected chi connectivity index (χ2v) is 4.94. The van der Waals surface area contributed by atoms with Crippen LogP contribution in [-0.4, -0.2) is 22.9 Å². The van der Waals surface area contributed by atoms with Crippen LogP contribution < -0.4 is 0 Å². The molecule has 0 atom stereocenters. The standard InChI is InChI=1S/C10H10N2O3S/c1-6-7(2)12-10-5-8(16(13,14)15)3-4-9(10)11-6/h3-5H,1-2H3,(H,13,14,15). The van der Waals surface area contributed by atoms with Crippen molar-refractivity contribution in [1.82, 2.24) is 9.97 Å². The Kier molecular flexibility index (Phi) is 2.40. The van der Waals surface area contributed by atoms with E-state index in [1.165, 1.54) is 18.2 Å². The van der Waals surface area contributed by atoms with Crippen LogP contribution in [0, 0.1) is 13.8 Å². The van der Waals surface area contributed by atoms with E-state index >= 15 is 0 Å². The molecule has 1 N–H and O–H groups in total. The summed E-state index contributed by atoms with van der Waals surface area (Å²) in [7, 11) is -4.19. The average molecular weight is 238 g/mol. The van der Waals surface area contributed by atoms with Crippen molar-refractivity contribution in [2.24, 2.45) is 0 Å². The first-order chi connectivity index (χ1) is 7.38. The summed E-state index contributed by atoms with van der Waals surface area (Å²) in [6, 6.07) is 4.14. The molecule has 1 aromatic carbocycles. The normalized spacial score (nSPS) is 11.9. The van der Waals surface area contributed by atoms with Gasteiger partial charge in [0.25, 0.3) is 10.1 Å². The van der Waals surface area contributed by atoms with Crippen molar-refractivity contribution in [3.63, 3.8) is 0 Å². The topological polar surface area (TPSA) is 80.2 Å². The van der Waals surface area contributed by atoms with Gasteiger partial charge >= 0.3 is 0 Å². The molecule has 0 fully saturated rings. The van der Waals surface area contributed by atoms with Gasteiger partial charge in [0.1, 0.15) is 0 Å². The van der Waals surface area contributed by atoms with Crippen LogP contribution in [0.15, 0.2) is 23.1 Å². The van der Waals surface area contributed by atoms with Gasteiger partial charge in [0.2, 0.25) is 0 Å². The third-order valence-corrected chi connectivity index (χ3v) is 3.19. The molecule has 0 spiro atoms. The number of aromatic nitrogens is 2. The van der Waals surface area contributed by atoms with Crippen LogP contribution in [-0.2, 0) is 10.1 Å². The molecule has 0 unspecified atom stereocenters. The van der Waals surface area contributed by atoms with Gasteiger partial charge in [0.15, 0.2) is 0 Å². The summed E-state index contributed by atoms with van der Waals surface area (Å²) in [5, 5.41) is 0. The molecule has 0 aliphatic carbocycles. The molecule has 16 heavy (non-hydrogen) atoms. The SMILES string of the molecule is Cc1nc2ccc(S(=O)(=O)O)cc2nc1C. The quantitative estimate of drug-likeness (QED) is 0.761. The van der Waals surface area contributed by atoms with E-state index in [1.807, 2.05) is 6.92 Å². The smallest absolute Gasteiger partial charge is 0.282 e. The minimum atomic E-state index is -4.19. The van der Waals surface area contributed by atoms with Crippen LogP contribution in [0.25, 0.3) is 11.0 Å². The van der Waals surface area contributed by atoms with Gasteiger partial charge in [-0.15, -0.1) is 0 Å². The Morgan fingerprint density at radius 2 is 1.62 bits per heavy atom. The summed E-state index contributed by atoms with van der Waals surface area (Å²) in [6.07, 6.45) is 0. The second kappa shape index (κ2) is 3.50. The van der Waals surface area contributed by atoms with Crippen LogP contribution in [0.3, 0.4) is 0 Å². The fourth-order valence-electron chi connectivity index (χ4n) is 1.37. The lowest BCUT2D eigenvalue weighted by molar-refractivity contribution is 0.483. The molecule has 2 rings (SSSR count). The highest BCUT2D eigenvalue weighted by atomic mass is 32.2. The molecule has 2 aromatic rings. The van der Waals surface area contributed by atoms with Crippen LogP contribution in [0.5, 0.6) is 0 Å². The summed E-state index contributed by atoms with van der Waals surface area (Å²) in [4.78, 5) is 8.30. The second-order valence-electron chi connectivity index (χ2n) is 3.52. The van der Waals surface area contributed by atoms with Gasteiger partial charge < -0.3 is 0 Å². The van der Waals surface area contributed by atoms with Gasteiger partial charge in [-0.1, -0.05) is 0 Å². The summed E-state index contributed by atoms with van der Waals surface area (Å²) in [5.74, 6) is 0. The predicted molar refractivity (Wildman–Crippen MR) is 58.8 cm³/mol. The third kappa shape index (κ3) is 1.89. The summed E-state index contributed by atoms with van der Waals surface area (Å²) in [5.41, 5.74) is 2.60. The number of hydrogen-bond donors (Lipinski definition) is 1. The van der Waals surface area contributed by atoms with Gasteiger partial charge in [0, 0.05) is 0 Å². The lowest BCUT2D eigenvalue weighted by atomic mass is 10.2. The Labute approximate surface area is 92.9 Å². The zero-order chi connectivity index (χ0) is 11.9. The maximum atomic E-state index is 10.9. The Hall–Kier alpha value is -1.53. The lowest BCUT2D eigenvalue weighted by Gasteiger charge is -2.03. The Morgan fingerprint density at radius 1 is 1.06 bits per heavy atom. The van der Waals surface area contributed by atoms with Crippen molar-refractivity contribution in [2.45, 2.75) is 18.7 Å². The molecule has 0 amide bonds. The lowest BCUT2D eigenvalue weighted by Crippen LogP contribution is -1.99. The number of nitrogens with zero attached hydrogens (tertiary/aromatic N) is 2. The largest absolute Gasteiger partial charge is 0.294 e. The highest BCUT2D eigenvalue weighted by Gasteiger charge is 2.11. The van der Waals surface area contributed by atoms with Crippen LogP contribution in [0.1, 0.15) is 11.4 Å². The molecule has 0 saturated heterocycles. The number of aryl methyl sites for hydroxylation is 2. The minimum absolute atomic E-state index is 0.169. The van der Waals surface area contributed by atoms with Gasteiger partial charge in [-0.2, -0.15) is 8.42 Å². The summed E-state index contributed by atoms with van der Waals surface area (Å²) >= 11 is 0. The first-order valence-corrected chi connectivity index (χ1v) is 6.04. The highest BCUT2D eigenvalue weighted by molar-refractivity contribution is 7.85. The van der Waals surface area contributed by atoms with Crippen molar-refractivity contribution in [3.8, 4) is 0 Å². The Bertz CT molecular complexity index is 665. The van der Waals surface area contributed by atoms with Crippen LogP contribution in [0.2, 0.25) is 0 Å². The van der Waals surface area contributed by atoms with E-state index in [0.717, 1.165) is 11.4 Å². The molecule has 0 aliphatic rings. The molecular weight excluding hydrogens is 228 g/mol. The van der Waals surface area contributed by atoms with E-state index < -0.39 is 10.1 Å². The Morgan fingerprint density at radius 3 is 2.19 bits per heavy atom. The van der Waals surface area contributed by atoms with Crippen LogP contribution >= 0.6 is 0 Å². The first kappa shape index (κ1) is 11.0. The molecule has 0 radical (unpaired) electrons. The van der Waals surface area contributed by atoms with Gasteiger partial charge in [-0.3, -0.25) is 4.55 Å². The fourth-order valence-corrected chi connectivity index (χ4v) is 1.87. The third-order valence-electron chi connectivity index (χ3n) is 2.34.